The maximum atomic E-state index is 12.7. The monoisotopic (exact) mass is 427 g/mol. The number of carboxylic acid groups (broad SMARTS) is 1. The molecule has 6 nitrogen and oxygen atoms in total. The van der Waals surface area contributed by atoms with Crippen molar-refractivity contribution in [2.24, 2.45) is 11.8 Å². The van der Waals surface area contributed by atoms with Gasteiger partial charge >= 0.3 is 13.1 Å². The van der Waals surface area contributed by atoms with Crippen molar-refractivity contribution in [2.45, 2.75) is 82.5 Å². The predicted molar refractivity (Wildman–Crippen MR) is 119 cm³/mol. The van der Waals surface area contributed by atoms with Crippen LogP contribution < -0.4 is 9.97 Å². The maximum absolute atomic E-state index is 12.7. The van der Waals surface area contributed by atoms with E-state index in [1.807, 2.05) is 6.07 Å². The topological polar surface area (TPSA) is 95.9 Å². The second-order valence-electron chi connectivity index (χ2n) is 9.78. The number of hydrogen-bond donors (Lipinski definition) is 3. The molecule has 3 N–H and O–H groups in total. The van der Waals surface area contributed by atoms with E-state index in [9.17, 15) is 19.7 Å². The predicted octanol–water partition coefficient (Wildman–Crippen LogP) is 3.86. The molecule has 0 aromatic heterocycles. The summed E-state index contributed by atoms with van der Waals surface area (Å²) in [5.74, 6) is 0.439. The lowest BCUT2D eigenvalue weighted by Crippen LogP contribution is -2.36. The number of fused-ring (bicyclic) bond motifs is 1. The largest absolute Gasteiger partial charge is 0.535 e. The SMILES string of the molecule is O=C(CC1CCC(NCCCC2CC2)CC1)C[C@H]1Cc2cccc(C(=O)O)c2OB1O. The minimum absolute atomic E-state index is 0.0548. The van der Waals surface area contributed by atoms with Gasteiger partial charge in [0, 0.05) is 24.7 Å². The lowest BCUT2D eigenvalue weighted by molar-refractivity contribution is -0.120. The molecule has 0 radical (unpaired) electrons. The van der Waals surface area contributed by atoms with Gasteiger partial charge in [0.25, 0.3) is 0 Å². The Morgan fingerprint density at radius 3 is 2.52 bits per heavy atom. The Morgan fingerprint density at radius 1 is 1.06 bits per heavy atom. The summed E-state index contributed by atoms with van der Waals surface area (Å²) in [6.45, 7) is 1.12. The highest BCUT2D eigenvalue weighted by atomic mass is 16.5. The van der Waals surface area contributed by atoms with Crippen LogP contribution in [0.1, 0.15) is 80.1 Å². The number of hydrogen-bond acceptors (Lipinski definition) is 5. The molecule has 168 valence electrons. The van der Waals surface area contributed by atoms with Crippen molar-refractivity contribution in [1.29, 1.82) is 0 Å². The number of carbonyl (C=O) groups excluding carboxylic acids is 1. The molecule has 2 saturated carbocycles. The highest BCUT2D eigenvalue weighted by Gasteiger charge is 2.38. The minimum atomic E-state index is -1.15. The molecule has 1 aromatic carbocycles. The van der Waals surface area contributed by atoms with E-state index in [2.05, 4.69) is 5.32 Å². The average Bonchev–Trinajstić information content (AvgIpc) is 3.57. The number of ketones is 1. The fourth-order valence-corrected chi connectivity index (χ4v) is 5.20. The first kappa shape index (κ1) is 22.3. The third-order valence-electron chi connectivity index (χ3n) is 7.22. The van der Waals surface area contributed by atoms with Crippen molar-refractivity contribution in [3.8, 4) is 5.75 Å². The van der Waals surface area contributed by atoms with E-state index in [4.69, 9.17) is 4.65 Å². The molecule has 0 amide bonds. The number of aromatic carboxylic acids is 1. The summed E-state index contributed by atoms with van der Waals surface area (Å²) in [7, 11) is -1.15. The fourth-order valence-electron chi connectivity index (χ4n) is 5.20. The molecular formula is C24H34BNO5. The third kappa shape index (κ3) is 6.10. The van der Waals surface area contributed by atoms with E-state index < -0.39 is 13.1 Å². The fraction of sp³-hybridized carbons (Fsp3) is 0.667. The van der Waals surface area contributed by atoms with Gasteiger partial charge < -0.3 is 20.1 Å². The van der Waals surface area contributed by atoms with Gasteiger partial charge in [0.15, 0.2) is 0 Å². The number of Topliss-reactive ketones (excluding diaryl/α,β-unsaturated/α-hetero) is 1. The van der Waals surface area contributed by atoms with E-state index in [0.29, 0.717) is 24.8 Å². The Bertz CT molecular complexity index is 788. The minimum Gasteiger partial charge on any atom is -0.535 e. The molecule has 7 heteroatoms. The van der Waals surface area contributed by atoms with Gasteiger partial charge in [-0.2, -0.15) is 0 Å². The molecule has 1 atom stereocenters. The van der Waals surface area contributed by atoms with Crippen molar-refractivity contribution in [1.82, 2.24) is 5.32 Å². The summed E-state index contributed by atoms with van der Waals surface area (Å²) in [4.78, 5) is 24.1. The highest BCUT2D eigenvalue weighted by molar-refractivity contribution is 6.47. The van der Waals surface area contributed by atoms with Gasteiger partial charge in [0.2, 0.25) is 0 Å². The smallest absolute Gasteiger partial charge is 0.526 e. The van der Waals surface area contributed by atoms with Crippen LogP contribution in [-0.2, 0) is 11.2 Å². The Hall–Kier alpha value is -1.86. The van der Waals surface area contributed by atoms with E-state index >= 15 is 0 Å². The van der Waals surface area contributed by atoms with Crippen LogP contribution in [0.15, 0.2) is 18.2 Å². The molecule has 4 rings (SSSR count). The average molecular weight is 427 g/mol. The van der Waals surface area contributed by atoms with Crippen LogP contribution in [0.2, 0.25) is 5.82 Å². The summed E-state index contributed by atoms with van der Waals surface area (Å²) in [5, 5.41) is 23.4. The molecule has 0 bridgehead atoms. The number of carbonyl (C=O) groups is 2. The van der Waals surface area contributed by atoms with Crippen LogP contribution in [-0.4, -0.2) is 41.6 Å². The normalized spacial score (nSPS) is 25.6. The van der Waals surface area contributed by atoms with Crippen LogP contribution in [0.4, 0.5) is 0 Å². The summed E-state index contributed by atoms with van der Waals surface area (Å²) in [6.07, 6.45) is 11.3. The van der Waals surface area contributed by atoms with Crippen LogP contribution in [0.3, 0.4) is 0 Å². The van der Waals surface area contributed by atoms with Gasteiger partial charge in [-0.1, -0.05) is 25.0 Å². The second kappa shape index (κ2) is 10.2. The number of nitrogens with one attached hydrogen (secondary N) is 1. The summed E-state index contributed by atoms with van der Waals surface area (Å²) >= 11 is 0. The number of carboxylic acids is 1. The molecule has 0 unspecified atom stereocenters. The van der Waals surface area contributed by atoms with Crippen molar-refractivity contribution in [2.75, 3.05) is 6.54 Å². The summed E-state index contributed by atoms with van der Waals surface area (Å²) in [6, 6.07) is 5.56. The van der Waals surface area contributed by atoms with Crippen LogP contribution in [0, 0.1) is 11.8 Å². The molecule has 2 fully saturated rings. The third-order valence-corrected chi connectivity index (χ3v) is 7.22. The molecule has 3 aliphatic rings. The first-order valence-corrected chi connectivity index (χ1v) is 11.9. The number of benzene rings is 1. The van der Waals surface area contributed by atoms with Gasteiger partial charge in [-0.3, -0.25) is 4.79 Å². The van der Waals surface area contributed by atoms with E-state index in [1.165, 1.54) is 31.7 Å². The molecule has 31 heavy (non-hydrogen) atoms. The van der Waals surface area contributed by atoms with Crippen molar-refractivity contribution >= 4 is 18.9 Å². The molecule has 0 spiro atoms. The first-order chi connectivity index (χ1) is 15.0. The molecule has 1 aromatic rings. The van der Waals surface area contributed by atoms with Crippen molar-refractivity contribution in [3.63, 3.8) is 0 Å². The lowest BCUT2D eigenvalue weighted by atomic mass is 9.64. The van der Waals surface area contributed by atoms with Gasteiger partial charge in [-0.25, -0.2) is 4.79 Å². The van der Waals surface area contributed by atoms with Crippen LogP contribution >= 0.6 is 0 Å². The molecule has 1 heterocycles. The van der Waals surface area contributed by atoms with Crippen LogP contribution in [0.5, 0.6) is 5.75 Å². The quantitative estimate of drug-likeness (QED) is 0.388. The maximum Gasteiger partial charge on any atom is 0.526 e. The zero-order valence-corrected chi connectivity index (χ0v) is 18.2. The van der Waals surface area contributed by atoms with Gasteiger partial charge in [0.05, 0.1) is 5.56 Å². The number of rotatable bonds is 10. The molecule has 0 saturated heterocycles. The van der Waals surface area contributed by atoms with Gasteiger partial charge in [-0.15, -0.1) is 0 Å². The Kier molecular flexibility index (Phi) is 7.33. The highest BCUT2D eigenvalue weighted by Crippen LogP contribution is 2.37. The second-order valence-corrected chi connectivity index (χ2v) is 9.78. The zero-order chi connectivity index (χ0) is 21.8. The summed E-state index contributed by atoms with van der Waals surface area (Å²) < 4.78 is 5.52. The van der Waals surface area contributed by atoms with E-state index in [1.54, 1.807) is 6.07 Å². The summed E-state index contributed by atoms with van der Waals surface area (Å²) in [5.41, 5.74) is 0.801. The first-order valence-electron chi connectivity index (χ1n) is 11.9. The standard InChI is InChI=1S/C24H34BNO5/c27-21(13-17-8-10-20(11-9-17)26-12-2-3-16-6-7-16)15-19-14-18-4-1-5-22(24(28)29)23(18)31-25(19)30/h1,4-5,16-17,19-20,26,30H,2-3,6-15H2,(H,28,29)/t17?,19-,20?/m1/s1. The van der Waals surface area contributed by atoms with Gasteiger partial charge in [-0.05, 0) is 75.0 Å². The Morgan fingerprint density at radius 2 is 1.81 bits per heavy atom. The molecule has 1 aliphatic heterocycles. The number of para-hydroxylation sites is 1. The van der Waals surface area contributed by atoms with Crippen molar-refractivity contribution in [3.05, 3.63) is 29.3 Å². The van der Waals surface area contributed by atoms with E-state index in [-0.39, 0.29) is 29.3 Å². The van der Waals surface area contributed by atoms with E-state index in [0.717, 1.165) is 43.7 Å². The van der Waals surface area contributed by atoms with Crippen molar-refractivity contribution < 1.29 is 24.4 Å². The zero-order valence-electron chi connectivity index (χ0n) is 18.2. The Labute approximate surface area is 184 Å². The van der Waals surface area contributed by atoms with Gasteiger partial charge in [0.1, 0.15) is 11.5 Å². The van der Waals surface area contributed by atoms with Crippen LogP contribution in [0.25, 0.3) is 0 Å². The lowest BCUT2D eigenvalue weighted by Gasteiger charge is -2.30. The molecule has 2 aliphatic carbocycles. The molecular weight excluding hydrogens is 393 g/mol. The Balaban J connectivity index is 1.19.